The summed E-state index contributed by atoms with van der Waals surface area (Å²) >= 11 is 0. The summed E-state index contributed by atoms with van der Waals surface area (Å²) in [7, 11) is 0. The van der Waals surface area contributed by atoms with E-state index in [9.17, 15) is 27.1 Å². The highest BCUT2D eigenvalue weighted by Crippen LogP contribution is 2.41. The van der Waals surface area contributed by atoms with Crippen molar-refractivity contribution >= 4 is 0 Å². The molecule has 0 aliphatic heterocycles. The molecule has 0 radical (unpaired) electrons. The molecule has 0 aliphatic rings. The van der Waals surface area contributed by atoms with E-state index in [1.54, 1.807) is 12.1 Å². The zero-order chi connectivity index (χ0) is 18.2. The number of benzene rings is 3. The Kier molecular flexibility index (Phi) is 4.30. The Labute approximate surface area is 140 Å². The summed E-state index contributed by atoms with van der Waals surface area (Å²) in [6, 6.07) is 14.5. The van der Waals surface area contributed by atoms with Crippen LogP contribution in [0, 0.1) is 29.1 Å². The van der Waals surface area contributed by atoms with Crippen LogP contribution < -0.4 is 0 Å². The van der Waals surface area contributed by atoms with Crippen molar-refractivity contribution in [3.63, 3.8) is 0 Å². The van der Waals surface area contributed by atoms with Crippen LogP contribution in [-0.4, -0.2) is 5.11 Å². The van der Waals surface area contributed by atoms with E-state index < -0.39 is 40.3 Å². The summed E-state index contributed by atoms with van der Waals surface area (Å²) in [6.07, 6.45) is 0. The Morgan fingerprint density at radius 3 is 1.20 bits per heavy atom. The third-order valence-corrected chi connectivity index (χ3v) is 3.95. The summed E-state index contributed by atoms with van der Waals surface area (Å²) in [5.41, 5.74) is -3.96. The van der Waals surface area contributed by atoms with Crippen molar-refractivity contribution in [3.8, 4) is 0 Å². The molecular weight excluding hydrogens is 339 g/mol. The fraction of sp³-hybridized carbons (Fsp3) is 0.0526. The molecule has 3 rings (SSSR count). The summed E-state index contributed by atoms with van der Waals surface area (Å²) in [5, 5.41) is 11.2. The van der Waals surface area contributed by atoms with Crippen LogP contribution in [0.1, 0.15) is 16.7 Å². The molecule has 0 amide bonds. The molecule has 0 spiro atoms. The lowest BCUT2D eigenvalue weighted by atomic mass is 9.79. The van der Waals surface area contributed by atoms with Gasteiger partial charge in [-0.15, -0.1) is 0 Å². The average Bonchev–Trinajstić information content (AvgIpc) is 2.66. The Hall–Kier alpha value is -2.73. The van der Waals surface area contributed by atoms with E-state index in [1.165, 1.54) is 48.5 Å². The minimum atomic E-state index is -2.56. The first-order valence-electron chi connectivity index (χ1n) is 7.24. The summed E-state index contributed by atoms with van der Waals surface area (Å²) < 4.78 is 69.5. The molecule has 0 aliphatic carbocycles. The van der Waals surface area contributed by atoms with Gasteiger partial charge in [-0.1, -0.05) is 60.7 Å². The average molecular weight is 350 g/mol. The fourth-order valence-corrected chi connectivity index (χ4v) is 2.74. The Bertz CT molecular complexity index is 842. The molecule has 1 nitrogen and oxygen atoms in total. The molecule has 3 aromatic rings. The quantitative estimate of drug-likeness (QED) is 0.315. The lowest BCUT2D eigenvalue weighted by Crippen LogP contribution is -2.32. The zero-order valence-corrected chi connectivity index (χ0v) is 12.6. The van der Waals surface area contributed by atoms with E-state index in [0.29, 0.717) is 0 Å². The first kappa shape index (κ1) is 17.1. The second-order valence-corrected chi connectivity index (χ2v) is 5.39. The van der Waals surface area contributed by atoms with Crippen LogP contribution in [0.4, 0.5) is 22.0 Å². The summed E-state index contributed by atoms with van der Waals surface area (Å²) in [5.74, 6) is -10.7. The number of aliphatic hydroxyl groups is 1. The highest BCUT2D eigenvalue weighted by atomic mass is 19.2. The van der Waals surface area contributed by atoms with Crippen molar-refractivity contribution in [1.82, 2.24) is 0 Å². The van der Waals surface area contributed by atoms with Crippen molar-refractivity contribution in [2.75, 3.05) is 0 Å². The van der Waals surface area contributed by atoms with Crippen molar-refractivity contribution in [1.29, 1.82) is 0 Å². The molecule has 128 valence electrons. The molecule has 3 aromatic carbocycles. The molecule has 0 bridgehead atoms. The molecule has 6 heteroatoms. The summed E-state index contributed by atoms with van der Waals surface area (Å²) in [6.45, 7) is 0. The molecule has 0 aromatic heterocycles. The molecular formula is C19H11F5O. The van der Waals surface area contributed by atoms with E-state index >= 15 is 0 Å². The molecule has 25 heavy (non-hydrogen) atoms. The third-order valence-electron chi connectivity index (χ3n) is 3.95. The Balaban J connectivity index is 2.44. The second-order valence-electron chi connectivity index (χ2n) is 5.39. The van der Waals surface area contributed by atoms with Crippen LogP contribution in [0.3, 0.4) is 0 Å². The second kappa shape index (κ2) is 6.29. The van der Waals surface area contributed by atoms with Gasteiger partial charge in [0.1, 0.15) is 5.60 Å². The lowest BCUT2D eigenvalue weighted by molar-refractivity contribution is 0.113. The molecule has 1 N–H and O–H groups in total. The number of rotatable bonds is 3. The Morgan fingerprint density at radius 1 is 0.520 bits per heavy atom. The van der Waals surface area contributed by atoms with E-state index in [4.69, 9.17) is 0 Å². The highest BCUT2D eigenvalue weighted by molar-refractivity contribution is 5.48. The largest absolute Gasteiger partial charge is 0.376 e. The van der Waals surface area contributed by atoms with Gasteiger partial charge < -0.3 is 5.11 Å². The van der Waals surface area contributed by atoms with Crippen molar-refractivity contribution in [2.24, 2.45) is 0 Å². The fourth-order valence-electron chi connectivity index (χ4n) is 2.74. The smallest absolute Gasteiger partial charge is 0.200 e. The Morgan fingerprint density at radius 2 is 0.840 bits per heavy atom. The van der Waals surface area contributed by atoms with Crippen LogP contribution >= 0.6 is 0 Å². The van der Waals surface area contributed by atoms with Gasteiger partial charge in [-0.2, -0.15) is 0 Å². The monoisotopic (exact) mass is 350 g/mol. The highest BCUT2D eigenvalue weighted by Gasteiger charge is 2.42. The van der Waals surface area contributed by atoms with Crippen molar-refractivity contribution < 1.29 is 27.1 Å². The topological polar surface area (TPSA) is 20.2 Å². The van der Waals surface area contributed by atoms with Gasteiger partial charge in [0.15, 0.2) is 23.3 Å². The van der Waals surface area contributed by atoms with Gasteiger partial charge >= 0.3 is 0 Å². The summed E-state index contributed by atoms with van der Waals surface area (Å²) in [4.78, 5) is 0. The van der Waals surface area contributed by atoms with E-state index in [2.05, 4.69) is 0 Å². The van der Waals surface area contributed by atoms with E-state index in [0.717, 1.165) is 0 Å². The molecule has 0 saturated carbocycles. The van der Waals surface area contributed by atoms with Gasteiger partial charge in [0.2, 0.25) is 5.82 Å². The minimum Gasteiger partial charge on any atom is -0.376 e. The predicted molar refractivity (Wildman–Crippen MR) is 81.2 cm³/mol. The molecule has 0 heterocycles. The standard InChI is InChI=1S/C19H11F5O/c20-14-13(15(21)17(23)18(24)16(14)22)19(25,11-7-3-1-4-8-11)12-9-5-2-6-10-12/h1-10,25H. The maximum Gasteiger partial charge on any atom is 0.200 e. The molecule has 0 saturated heterocycles. The van der Waals surface area contributed by atoms with Crippen molar-refractivity contribution in [3.05, 3.63) is 106 Å². The van der Waals surface area contributed by atoms with Crippen LogP contribution in [-0.2, 0) is 5.60 Å². The van der Waals surface area contributed by atoms with E-state index in [1.807, 2.05) is 0 Å². The lowest BCUT2D eigenvalue weighted by Gasteiger charge is -2.31. The van der Waals surface area contributed by atoms with Gasteiger partial charge in [-0.05, 0) is 11.1 Å². The van der Waals surface area contributed by atoms with Gasteiger partial charge in [0.05, 0.1) is 5.56 Å². The van der Waals surface area contributed by atoms with Crippen LogP contribution in [0.25, 0.3) is 0 Å². The normalized spacial score (nSPS) is 11.6. The van der Waals surface area contributed by atoms with Gasteiger partial charge in [-0.3, -0.25) is 0 Å². The number of hydrogen-bond donors (Lipinski definition) is 1. The third kappa shape index (κ3) is 2.59. The maximum atomic E-state index is 14.4. The van der Waals surface area contributed by atoms with Gasteiger partial charge in [-0.25, -0.2) is 22.0 Å². The first-order chi connectivity index (χ1) is 11.9. The van der Waals surface area contributed by atoms with Crippen molar-refractivity contribution in [2.45, 2.75) is 5.60 Å². The van der Waals surface area contributed by atoms with Gasteiger partial charge in [0.25, 0.3) is 0 Å². The predicted octanol–water partition coefficient (Wildman–Crippen LogP) is 4.67. The molecule has 0 fully saturated rings. The van der Waals surface area contributed by atoms with Crippen LogP contribution in [0.15, 0.2) is 60.7 Å². The van der Waals surface area contributed by atoms with Gasteiger partial charge in [0, 0.05) is 0 Å². The minimum absolute atomic E-state index is 0.0376. The number of hydrogen-bond acceptors (Lipinski definition) is 1. The van der Waals surface area contributed by atoms with Crippen LogP contribution in [0.5, 0.6) is 0 Å². The van der Waals surface area contributed by atoms with E-state index in [-0.39, 0.29) is 11.1 Å². The SMILES string of the molecule is OC(c1ccccc1)(c1ccccc1)c1c(F)c(F)c(F)c(F)c1F. The zero-order valence-electron chi connectivity index (χ0n) is 12.6. The molecule has 0 unspecified atom stereocenters. The van der Waals surface area contributed by atoms with Crippen LogP contribution in [0.2, 0.25) is 0 Å². The molecule has 0 atom stereocenters. The maximum absolute atomic E-state index is 14.4. The number of halogens is 5. The first-order valence-corrected chi connectivity index (χ1v) is 7.24.